The topological polar surface area (TPSA) is 23.8 Å². The van der Waals surface area contributed by atoms with Gasteiger partial charge in [0.05, 0.1) is 6.07 Å². The van der Waals surface area contributed by atoms with Gasteiger partial charge in [-0.05, 0) is 24.5 Å². The van der Waals surface area contributed by atoms with E-state index in [4.69, 9.17) is 5.26 Å². The highest BCUT2D eigenvalue weighted by Crippen LogP contribution is 2.17. The van der Waals surface area contributed by atoms with Gasteiger partial charge in [-0.3, -0.25) is 0 Å². The Morgan fingerprint density at radius 3 is 2.54 bits per heavy atom. The smallest absolute Gasteiger partial charge is 0.0625 e. The van der Waals surface area contributed by atoms with Gasteiger partial charge in [0.2, 0.25) is 0 Å². The SMILES string of the molecule is C=C(CCC#N)c1ccc(C)cc1. The predicted molar refractivity (Wildman–Crippen MR) is 55.1 cm³/mol. The van der Waals surface area contributed by atoms with E-state index in [1.807, 2.05) is 0 Å². The monoisotopic (exact) mass is 171 g/mol. The van der Waals surface area contributed by atoms with E-state index < -0.39 is 0 Å². The second kappa shape index (κ2) is 4.47. The first kappa shape index (κ1) is 9.54. The summed E-state index contributed by atoms with van der Waals surface area (Å²) in [5.74, 6) is 0. The number of benzene rings is 1. The second-order valence-electron chi connectivity index (χ2n) is 3.13. The van der Waals surface area contributed by atoms with Crippen LogP contribution in [0.5, 0.6) is 0 Å². The Labute approximate surface area is 79.3 Å². The molecule has 1 aromatic rings. The van der Waals surface area contributed by atoms with Crippen LogP contribution in [0.1, 0.15) is 24.0 Å². The molecule has 13 heavy (non-hydrogen) atoms. The number of aryl methyl sites for hydroxylation is 1. The third-order valence-electron chi connectivity index (χ3n) is 2.00. The lowest BCUT2D eigenvalue weighted by Gasteiger charge is -2.03. The first-order valence-electron chi connectivity index (χ1n) is 4.36. The molecule has 0 aromatic heterocycles. The first-order valence-corrected chi connectivity index (χ1v) is 4.36. The number of allylic oxidation sites excluding steroid dienone is 1. The minimum absolute atomic E-state index is 0.548. The Morgan fingerprint density at radius 1 is 1.38 bits per heavy atom. The lowest BCUT2D eigenvalue weighted by Crippen LogP contribution is -1.82. The van der Waals surface area contributed by atoms with Crippen LogP contribution in [0.15, 0.2) is 30.8 Å². The van der Waals surface area contributed by atoms with Crippen LogP contribution in [-0.2, 0) is 0 Å². The summed E-state index contributed by atoms with van der Waals surface area (Å²) in [5.41, 5.74) is 3.43. The molecule has 0 saturated heterocycles. The van der Waals surface area contributed by atoms with Gasteiger partial charge >= 0.3 is 0 Å². The van der Waals surface area contributed by atoms with Crippen LogP contribution in [0.2, 0.25) is 0 Å². The normalized spacial score (nSPS) is 9.23. The molecule has 0 radical (unpaired) electrons. The molecular weight excluding hydrogens is 158 g/mol. The van der Waals surface area contributed by atoms with Crippen molar-refractivity contribution in [3.05, 3.63) is 42.0 Å². The van der Waals surface area contributed by atoms with Crippen molar-refractivity contribution in [2.75, 3.05) is 0 Å². The highest BCUT2D eigenvalue weighted by Gasteiger charge is 1.97. The Morgan fingerprint density at radius 2 is 2.00 bits per heavy atom. The van der Waals surface area contributed by atoms with Crippen molar-refractivity contribution in [2.24, 2.45) is 0 Å². The molecule has 66 valence electrons. The van der Waals surface area contributed by atoms with Gasteiger partial charge in [-0.25, -0.2) is 0 Å². The van der Waals surface area contributed by atoms with Gasteiger partial charge in [0.15, 0.2) is 0 Å². The fourth-order valence-electron chi connectivity index (χ4n) is 1.14. The van der Waals surface area contributed by atoms with E-state index in [1.54, 1.807) is 0 Å². The molecule has 0 N–H and O–H groups in total. The van der Waals surface area contributed by atoms with Crippen molar-refractivity contribution in [2.45, 2.75) is 19.8 Å². The quantitative estimate of drug-likeness (QED) is 0.684. The lowest BCUT2D eigenvalue weighted by atomic mass is 10.0. The maximum absolute atomic E-state index is 8.42. The molecule has 0 aliphatic heterocycles. The minimum Gasteiger partial charge on any atom is -0.198 e. The molecule has 0 unspecified atom stereocenters. The van der Waals surface area contributed by atoms with Gasteiger partial charge < -0.3 is 0 Å². The highest BCUT2D eigenvalue weighted by atomic mass is 14.2. The number of nitriles is 1. The predicted octanol–water partition coefficient (Wildman–Crippen LogP) is 3.31. The fourth-order valence-corrected chi connectivity index (χ4v) is 1.14. The number of hydrogen-bond acceptors (Lipinski definition) is 1. The van der Waals surface area contributed by atoms with Crippen LogP contribution in [0.4, 0.5) is 0 Å². The summed E-state index contributed by atoms with van der Waals surface area (Å²) >= 11 is 0. The van der Waals surface area contributed by atoms with Crippen molar-refractivity contribution in [1.82, 2.24) is 0 Å². The Kier molecular flexibility index (Phi) is 3.28. The van der Waals surface area contributed by atoms with Crippen LogP contribution >= 0.6 is 0 Å². The first-order chi connectivity index (χ1) is 6.24. The van der Waals surface area contributed by atoms with Crippen LogP contribution in [0.25, 0.3) is 5.57 Å². The van der Waals surface area contributed by atoms with Crippen molar-refractivity contribution >= 4 is 5.57 Å². The van der Waals surface area contributed by atoms with Crippen LogP contribution < -0.4 is 0 Å². The molecule has 1 aromatic carbocycles. The summed E-state index contributed by atoms with van der Waals surface area (Å²) in [6.45, 7) is 6.00. The molecule has 0 atom stereocenters. The summed E-state index contributed by atoms with van der Waals surface area (Å²) in [6, 6.07) is 10.3. The number of rotatable bonds is 3. The summed E-state index contributed by atoms with van der Waals surface area (Å²) in [5, 5.41) is 8.42. The van der Waals surface area contributed by atoms with E-state index >= 15 is 0 Å². The van der Waals surface area contributed by atoms with E-state index in [0.29, 0.717) is 6.42 Å². The molecule has 0 spiro atoms. The van der Waals surface area contributed by atoms with Crippen LogP contribution in [0.3, 0.4) is 0 Å². The molecule has 0 aliphatic rings. The van der Waals surface area contributed by atoms with E-state index in [0.717, 1.165) is 17.6 Å². The zero-order valence-electron chi connectivity index (χ0n) is 7.88. The Bertz CT molecular complexity index is 327. The number of nitrogens with zero attached hydrogens (tertiary/aromatic N) is 1. The van der Waals surface area contributed by atoms with E-state index in [2.05, 4.69) is 43.8 Å². The second-order valence-corrected chi connectivity index (χ2v) is 3.13. The van der Waals surface area contributed by atoms with Crippen molar-refractivity contribution < 1.29 is 0 Å². The molecule has 1 heteroatoms. The van der Waals surface area contributed by atoms with Gasteiger partial charge in [0.25, 0.3) is 0 Å². The van der Waals surface area contributed by atoms with Gasteiger partial charge in [0.1, 0.15) is 0 Å². The maximum atomic E-state index is 8.42. The molecule has 0 saturated carbocycles. The van der Waals surface area contributed by atoms with Crippen molar-refractivity contribution in [1.29, 1.82) is 5.26 Å². The fraction of sp³-hybridized carbons (Fsp3) is 0.250. The average Bonchev–Trinajstić information content (AvgIpc) is 2.15. The zero-order valence-corrected chi connectivity index (χ0v) is 7.88. The van der Waals surface area contributed by atoms with Gasteiger partial charge in [-0.2, -0.15) is 5.26 Å². The maximum Gasteiger partial charge on any atom is 0.0625 e. The van der Waals surface area contributed by atoms with Crippen molar-refractivity contribution in [3.63, 3.8) is 0 Å². The minimum atomic E-state index is 0.548. The highest BCUT2D eigenvalue weighted by molar-refractivity contribution is 5.63. The van der Waals surface area contributed by atoms with Gasteiger partial charge in [0, 0.05) is 6.42 Å². The molecule has 0 amide bonds. The Balaban J connectivity index is 2.68. The summed E-state index contributed by atoms with van der Waals surface area (Å²) in [4.78, 5) is 0. The molecule has 0 fully saturated rings. The molecule has 0 aliphatic carbocycles. The van der Waals surface area contributed by atoms with E-state index in [1.165, 1.54) is 5.56 Å². The van der Waals surface area contributed by atoms with Crippen LogP contribution in [-0.4, -0.2) is 0 Å². The molecular formula is C12H13N. The average molecular weight is 171 g/mol. The molecule has 0 bridgehead atoms. The molecule has 1 rings (SSSR count). The summed E-state index contributed by atoms with van der Waals surface area (Å²) in [7, 11) is 0. The third kappa shape index (κ3) is 2.76. The van der Waals surface area contributed by atoms with E-state index in [-0.39, 0.29) is 0 Å². The van der Waals surface area contributed by atoms with E-state index in [9.17, 15) is 0 Å². The van der Waals surface area contributed by atoms with Crippen molar-refractivity contribution in [3.8, 4) is 6.07 Å². The molecule has 0 heterocycles. The standard InChI is InChI=1S/C12H13N/c1-10-5-7-12(8-6-10)11(2)4-3-9-13/h5-8H,2-4H2,1H3. The Hall–Kier alpha value is -1.55. The zero-order chi connectivity index (χ0) is 9.68. The largest absolute Gasteiger partial charge is 0.198 e. The summed E-state index contributed by atoms with van der Waals surface area (Å²) < 4.78 is 0. The lowest BCUT2D eigenvalue weighted by molar-refractivity contribution is 1.08. The van der Waals surface area contributed by atoms with Crippen LogP contribution in [0, 0.1) is 18.3 Å². The number of hydrogen-bond donors (Lipinski definition) is 0. The van der Waals surface area contributed by atoms with Gasteiger partial charge in [-0.1, -0.05) is 36.4 Å². The summed E-state index contributed by atoms with van der Waals surface area (Å²) in [6.07, 6.45) is 1.31. The molecule has 1 nitrogen and oxygen atoms in total. The third-order valence-corrected chi connectivity index (χ3v) is 2.00. The van der Waals surface area contributed by atoms with Gasteiger partial charge in [-0.15, -0.1) is 0 Å².